The molecule has 0 saturated carbocycles. The van der Waals surface area contributed by atoms with Gasteiger partial charge in [-0.3, -0.25) is 10.1 Å². The van der Waals surface area contributed by atoms with Crippen molar-refractivity contribution in [3.05, 3.63) is 59.1 Å². The number of anilines is 1. The topological polar surface area (TPSA) is 79.5 Å². The molecule has 4 rings (SSSR count). The minimum atomic E-state index is -1.14. The van der Waals surface area contributed by atoms with Crippen molar-refractivity contribution >= 4 is 29.2 Å². The summed E-state index contributed by atoms with van der Waals surface area (Å²) in [5, 5.41) is 9.04. The summed E-state index contributed by atoms with van der Waals surface area (Å²) in [6.07, 6.45) is 0. The monoisotopic (exact) mass is 357 g/mol. The number of hydrogen-bond donors (Lipinski definition) is 3. The second-order valence-electron chi connectivity index (χ2n) is 6.30. The molecule has 2 bridgehead atoms. The zero-order valence-corrected chi connectivity index (χ0v) is 14.1. The fourth-order valence-corrected chi connectivity index (χ4v) is 3.57. The van der Waals surface area contributed by atoms with Crippen molar-refractivity contribution in [1.29, 1.82) is 0 Å². The van der Waals surface area contributed by atoms with E-state index in [0.29, 0.717) is 16.5 Å². The Labute approximate surface area is 149 Å². The molecule has 0 unspecified atom stereocenters. The van der Waals surface area contributed by atoms with Gasteiger partial charge in [0.1, 0.15) is 11.7 Å². The Balaban J connectivity index is 1.69. The van der Waals surface area contributed by atoms with Crippen molar-refractivity contribution in [3.8, 4) is 5.75 Å². The molecule has 2 aliphatic rings. The van der Waals surface area contributed by atoms with Crippen LogP contribution in [0, 0.1) is 5.92 Å². The molecule has 1 saturated heterocycles. The van der Waals surface area contributed by atoms with Crippen molar-refractivity contribution in [2.24, 2.45) is 5.92 Å². The number of hydrogen-bond acceptors (Lipinski definition) is 3. The number of halogens is 1. The van der Waals surface area contributed by atoms with E-state index in [-0.39, 0.29) is 11.9 Å². The van der Waals surface area contributed by atoms with Gasteiger partial charge in [0.2, 0.25) is 5.91 Å². The average Bonchev–Trinajstić information content (AvgIpc) is 2.55. The lowest BCUT2D eigenvalue weighted by Gasteiger charge is -2.49. The third-order valence-corrected chi connectivity index (χ3v) is 4.80. The van der Waals surface area contributed by atoms with Gasteiger partial charge < -0.3 is 15.4 Å². The van der Waals surface area contributed by atoms with Gasteiger partial charge in [0, 0.05) is 16.3 Å². The molecule has 2 aromatic carbocycles. The van der Waals surface area contributed by atoms with Gasteiger partial charge in [0.05, 0.1) is 6.04 Å². The number of fused-ring (bicyclic) bond motifs is 4. The van der Waals surface area contributed by atoms with Crippen LogP contribution < -0.4 is 20.7 Å². The number of carbonyl (C=O) groups excluding carboxylic acids is 2. The maximum atomic E-state index is 13.0. The summed E-state index contributed by atoms with van der Waals surface area (Å²) in [5.74, 6) is -0.245. The van der Waals surface area contributed by atoms with Gasteiger partial charge in [-0.05, 0) is 37.3 Å². The third-order valence-electron chi connectivity index (χ3n) is 4.55. The van der Waals surface area contributed by atoms with Gasteiger partial charge in [-0.25, -0.2) is 4.79 Å². The molecule has 3 amide bonds. The van der Waals surface area contributed by atoms with Crippen LogP contribution in [0.1, 0.15) is 18.5 Å². The Morgan fingerprint density at radius 3 is 2.68 bits per heavy atom. The molecule has 128 valence electrons. The van der Waals surface area contributed by atoms with E-state index in [1.54, 1.807) is 31.2 Å². The molecule has 2 heterocycles. The molecular formula is C18H16ClN3O3. The van der Waals surface area contributed by atoms with Gasteiger partial charge in [0.15, 0.2) is 5.72 Å². The SMILES string of the molecule is C[C@]12NC(=O)N[C@@H](c3ccccc3O1)[C@@H]2C(=O)Nc1ccc(Cl)cc1. The summed E-state index contributed by atoms with van der Waals surface area (Å²) < 4.78 is 6.00. The molecule has 6 nitrogen and oxygen atoms in total. The maximum Gasteiger partial charge on any atom is 0.318 e. The second kappa shape index (κ2) is 5.67. The molecule has 2 aliphatic heterocycles. The lowest BCUT2D eigenvalue weighted by atomic mass is 9.80. The number of nitrogens with one attached hydrogen (secondary N) is 3. The number of benzene rings is 2. The molecular weight excluding hydrogens is 342 g/mol. The smallest absolute Gasteiger partial charge is 0.318 e. The fourth-order valence-electron chi connectivity index (χ4n) is 3.44. The summed E-state index contributed by atoms with van der Waals surface area (Å²) in [6, 6.07) is 13.4. The maximum absolute atomic E-state index is 13.0. The molecule has 0 spiro atoms. The standard InChI is InChI=1S/C18H16ClN3O3/c1-18-14(16(23)20-11-8-6-10(19)7-9-11)15(21-17(24)22-18)12-4-2-3-5-13(12)25-18/h2-9,14-15H,1H3,(H,20,23)(H2,21,22,24)/t14-,15+,18+/m1/s1. The van der Waals surface area contributed by atoms with Crippen LogP contribution in [0.3, 0.4) is 0 Å². The Morgan fingerprint density at radius 1 is 1.20 bits per heavy atom. The van der Waals surface area contributed by atoms with Crippen LogP contribution in [0.4, 0.5) is 10.5 Å². The van der Waals surface area contributed by atoms with Crippen molar-refractivity contribution in [2.45, 2.75) is 18.7 Å². The molecule has 7 heteroatoms. The Hall–Kier alpha value is -2.73. The van der Waals surface area contributed by atoms with Crippen molar-refractivity contribution in [1.82, 2.24) is 10.6 Å². The molecule has 3 N–H and O–H groups in total. The van der Waals surface area contributed by atoms with Crippen molar-refractivity contribution in [2.75, 3.05) is 5.32 Å². The molecule has 0 aromatic heterocycles. The van der Waals surface area contributed by atoms with Crippen molar-refractivity contribution < 1.29 is 14.3 Å². The molecule has 0 radical (unpaired) electrons. The van der Waals surface area contributed by atoms with Crippen LogP contribution >= 0.6 is 11.6 Å². The third kappa shape index (κ3) is 2.68. The summed E-state index contributed by atoms with van der Waals surface area (Å²) in [7, 11) is 0. The van der Waals surface area contributed by atoms with E-state index in [9.17, 15) is 9.59 Å². The first-order chi connectivity index (χ1) is 12.0. The van der Waals surface area contributed by atoms with E-state index in [0.717, 1.165) is 5.56 Å². The first-order valence-electron chi connectivity index (χ1n) is 7.89. The summed E-state index contributed by atoms with van der Waals surface area (Å²) in [5.41, 5.74) is 0.269. The lowest BCUT2D eigenvalue weighted by Crippen LogP contribution is -2.70. The van der Waals surface area contributed by atoms with Crippen LogP contribution in [0.5, 0.6) is 5.75 Å². The molecule has 25 heavy (non-hydrogen) atoms. The van der Waals surface area contributed by atoms with Crippen LogP contribution in [-0.2, 0) is 4.79 Å². The number of rotatable bonds is 2. The largest absolute Gasteiger partial charge is 0.467 e. The predicted octanol–water partition coefficient (Wildman–Crippen LogP) is 3.06. The number of amides is 3. The van der Waals surface area contributed by atoms with E-state index in [1.165, 1.54) is 0 Å². The zero-order chi connectivity index (χ0) is 17.6. The van der Waals surface area contributed by atoms with Gasteiger partial charge >= 0.3 is 6.03 Å². The van der Waals surface area contributed by atoms with Gasteiger partial charge in [-0.1, -0.05) is 29.8 Å². The minimum absolute atomic E-state index is 0.253. The molecule has 1 fully saturated rings. The second-order valence-corrected chi connectivity index (χ2v) is 6.73. The van der Waals surface area contributed by atoms with Crippen LogP contribution in [0.25, 0.3) is 0 Å². The Bertz CT molecular complexity index is 855. The number of ether oxygens (including phenoxy) is 1. The van der Waals surface area contributed by atoms with Crippen LogP contribution in [0.15, 0.2) is 48.5 Å². The summed E-state index contributed by atoms with van der Waals surface area (Å²) in [6.45, 7) is 1.71. The van der Waals surface area contributed by atoms with E-state index in [1.807, 2.05) is 24.3 Å². The van der Waals surface area contributed by atoms with Crippen LogP contribution in [0.2, 0.25) is 5.02 Å². The molecule has 2 aromatic rings. The predicted molar refractivity (Wildman–Crippen MR) is 93.5 cm³/mol. The van der Waals surface area contributed by atoms with Crippen molar-refractivity contribution in [3.63, 3.8) is 0 Å². The lowest BCUT2D eigenvalue weighted by molar-refractivity contribution is -0.133. The quantitative estimate of drug-likeness (QED) is 0.772. The molecule has 3 atom stereocenters. The van der Waals surface area contributed by atoms with Crippen LogP contribution in [-0.4, -0.2) is 17.7 Å². The summed E-state index contributed by atoms with van der Waals surface area (Å²) >= 11 is 5.88. The van der Waals surface area contributed by atoms with E-state index in [2.05, 4.69) is 16.0 Å². The minimum Gasteiger partial charge on any atom is -0.467 e. The van der Waals surface area contributed by atoms with E-state index in [4.69, 9.17) is 16.3 Å². The zero-order valence-electron chi connectivity index (χ0n) is 13.4. The normalized spacial score (nSPS) is 26.6. The number of carbonyl (C=O) groups is 2. The van der Waals surface area contributed by atoms with E-state index < -0.39 is 17.7 Å². The molecule has 0 aliphatic carbocycles. The van der Waals surface area contributed by atoms with Gasteiger partial charge in [-0.2, -0.15) is 0 Å². The first-order valence-corrected chi connectivity index (χ1v) is 8.27. The Kier molecular flexibility index (Phi) is 3.58. The van der Waals surface area contributed by atoms with E-state index >= 15 is 0 Å². The first kappa shape index (κ1) is 15.8. The highest BCUT2D eigenvalue weighted by molar-refractivity contribution is 6.30. The number of para-hydroxylation sites is 1. The van der Waals surface area contributed by atoms with Gasteiger partial charge in [-0.15, -0.1) is 0 Å². The highest BCUT2D eigenvalue weighted by Gasteiger charge is 2.55. The highest BCUT2D eigenvalue weighted by Crippen LogP contribution is 2.44. The van der Waals surface area contributed by atoms with Gasteiger partial charge in [0.25, 0.3) is 0 Å². The average molecular weight is 358 g/mol. The Morgan fingerprint density at radius 2 is 1.92 bits per heavy atom. The summed E-state index contributed by atoms with van der Waals surface area (Å²) in [4.78, 5) is 25.0. The highest BCUT2D eigenvalue weighted by atomic mass is 35.5. The fraction of sp³-hybridized carbons (Fsp3) is 0.222. The number of urea groups is 1.